The largest absolute Gasteiger partial charge is 0.320 e. The Morgan fingerprint density at radius 1 is 1.25 bits per heavy atom. The van der Waals surface area contributed by atoms with Gasteiger partial charge in [-0.15, -0.1) is 0 Å². The molecule has 24 heavy (non-hydrogen) atoms. The minimum absolute atomic E-state index is 0.809. The van der Waals surface area contributed by atoms with E-state index in [9.17, 15) is 0 Å². The number of aromatic nitrogens is 2. The van der Waals surface area contributed by atoms with Crippen LogP contribution >= 0.6 is 11.6 Å². The molecule has 3 nitrogen and oxygen atoms in total. The summed E-state index contributed by atoms with van der Waals surface area (Å²) in [5.41, 5.74) is 8.18. The molecule has 5 rings (SSSR count). The van der Waals surface area contributed by atoms with Crippen molar-refractivity contribution in [1.29, 1.82) is 0 Å². The second-order valence-electron chi connectivity index (χ2n) is 6.81. The van der Waals surface area contributed by atoms with Gasteiger partial charge < -0.3 is 9.47 Å². The molecule has 2 aliphatic rings. The maximum Gasteiger partial charge on any atom is 0.0529 e. The van der Waals surface area contributed by atoms with Crippen molar-refractivity contribution in [3.8, 4) is 0 Å². The zero-order valence-corrected chi connectivity index (χ0v) is 14.3. The van der Waals surface area contributed by atoms with Gasteiger partial charge in [0.1, 0.15) is 0 Å². The predicted molar refractivity (Wildman–Crippen MR) is 99.1 cm³/mol. The van der Waals surface area contributed by atoms with E-state index in [-0.39, 0.29) is 0 Å². The van der Waals surface area contributed by atoms with Crippen LogP contribution in [0.4, 0.5) is 0 Å². The van der Waals surface area contributed by atoms with E-state index in [1.807, 2.05) is 18.5 Å². The lowest BCUT2D eigenvalue weighted by atomic mass is 9.85. The summed E-state index contributed by atoms with van der Waals surface area (Å²) in [7, 11) is 2.18. The summed E-state index contributed by atoms with van der Waals surface area (Å²) in [6.45, 7) is 2.09. The van der Waals surface area contributed by atoms with Crippen molar-refractivity contribution in [2.24, 2.45) is 0 Å². The Labute approximate surface area is 146 Å². The van der Waals surface area contributed by atoms with Gasteiger partial charge >= 0.3 is 0 Å². The van der Waals surface area contributed by atoms with Crippen LogP contribution < -0.4 is 0 Å². The van der Waals surface area contributed by atoms with Crippen molar-refractivity contribution in [2.45, 2.75) is 19.4 Å². The minimum atomic E-state index is 0.809. The van der Waals surface area contributed by atoms with Gasteiger partial charge in [-0.25, -0.2) is 0 Å². The van der Waals surface area contributed by atoms with Gasteiger partial charge in [0.05, 0.1) is 5.52 Å². The molecule has 0 atom stereocenters. The van der Waals surface area contributed by atoms with Crippen LogP contribution in [0.2, 0.25) is 5.02 Å². The summed E-state index contributed by atoms with van der Waals surface area (Å²) >= 11 is 6.27. The van der Waals surface area contributed by atoms with Crippen LogP contribution in [0.15, 0.2) is 36.7 Å². The fourth-order valence-electron chi connectivity index (χ4n) is 3.99. The third-order valence-corrected chi connectivity index (χ3v) is 5.49. The third-order valence-electron chi connectivity index (χ3n) is 5.26. The van der Waals surface area contributed by atoms with Crippen molar-refractivity contribution in [3.63, 3.8) is 0 Å². The summed E-state index contributed by atoms with van der Waals surface area (Å²) < 4.78 is 2.40. The Morgan fingerprint density at radius 2 is 2.17 bits per heavy atom. The highest BCUT2D eigenvalue weighted by atomic mass is 35.5. The van der Waals surface area contributed by atoms with E-state index in [1.54, 1.807) is 0 Å². The molecule has 0 saturated carbocycles. The Balaban J connectivity index is 1.72. The lowest BCUT2D eigenvalue weighted by Crippen LogP contribution is -2.27. The molecular weight excluding hydrogens is 318 g/mol. The predicted octanol–water partition coefficient (Wildman–Crippen LogP) is 4.23. The summed E-state index contributed by atoms with van der Waals surface area (Å²) in [5, 5.41) is 2.10. The van der Waals surface area contributed by atoms with Gasteiger partial charge in [-0.05, 0) is 53.6 Å². The topological polar surface area (TPSA) is 21.1 Å². The number of pyridine rings is 1. The molecule has 0 saturated heterocycles. The quantitative estimate of drug-likeness (QED) is 0.663. The van der Waals surface area contributed by atoms with E-state index < -0.39 is 0 Å². The number of nitrogens with zero attached hydrogens (tertiary/aromatic N) is 3. The van der Waals surface area contributed by atoms with Crippen molar-refractivity contribution in [2.75, 3.05) is 13.6 Å². The van der Waals surface area contributed by atoms with Crippen LogP contribution in [0.5, 0.6) is 0 Å². The summed E-state index contributed by atoms with van der Waals surface area (Å²) in [5.74, 6) is 0. The second-order valence-corrected chi connectivity index (χ2v) is 7.24. The van der Waals surface area contributed by atoms with Gasteiger partial charge in [0, 0.05) is 60.6 Å². The first-order chi connectivity index (χ1) is 11.7. The number of rotatable bonds is 1. The molecule has 0 unspecified atom stereocenters. The van der Waals surface area contributed by atoms with Crippen LogP contribution in [0, 0.1) is 0 Å². The molecule has 0 radical (unpaired) electrons. The number of fused-ring (bicyclic) bond motifs is 4. The SMILES string of the molecule is CN1CCc2c(c3cc(Cl)ccc3n2/C=C2\Cc3cnccc32)C1. The summed E-state index contributed by atoms with van der Waals surface area (Å²) in [6, 6.07) is 8.38. The summed E-state index contributed by atoms with van der Waals surface area (Å²) in [6.07, 6.45) is 8.26. The van der Waals surface area contributed by atoms with Crippen molar-refractivity contribution >= 4 is 34.3 Å². The van der Waals surface area contributed by atoms with Crippen LogP contribution in [-0.2, 0) is 19.4 Å². The Kier molecular flexibility index (Phi) is 3.09. The van der Waals surface area contributed by atoms with E-state index in [1.165, 1.54) is 38.9 Å². The lowest BCUT2D eigenvalue weighted by molar-refractivity contribution is 0.312. The average Bonchev–Trinajstić information content (AvgIpc) is 2.85. The van der Waals surface area contributed by atoms with Crippen molar-refractivity contribution in [3.05, 3.63) is 64.1 Å². The highest BCUT2D eigenvalue weighted by molar-refractivity contribution is 6.31. The Hall–Kier alpha value is -2.10. The molecule has 0 spiro atoms. The average molecular weight is 336 g/mol. The molecular formula is C20H18ClN3. The van der Waals surface area contributed by atoms with E-state index in [0.29, 0.717) is 0 Å². The van der Waals surface area contributed by atoms with Crippen molar-refractivity contribution in [1.82, 2.24) is 14.5 Å². The number of hydrogen-bond acceptors (Lipinski definition) is 2. The summed E-state index contributed by atoms with van der Waals surface area (Å²) in [4.78, 5) is 6.59. The first kappa shape index (κ1) is 14.3. The first-order valence-electron chi connectivity index (χ1n) is 8.34. The molecule has 0 fully saturated rings. The van der Waals surface area contributed by atoms with Gasteiger partial charge in [-0.1, -0.05) is 11.6 Å². The Bertz CT molecular complexity index is 1000. The number of hydrogen-bond donors (Lipinski definition) is 0. The fourth-order valence-corrected chi connectivity index (χ4v) is 4.17. The monoisotopic (exact) mass is 335 g/mol. The number of allylic oxidation sites excluding steroid dienone is 1. The molecule has 2 aromatic heterocycles. The van der Waals surface area contributed by atoms with Gasteiger partial charge in [-0.2, -0.15) is 0 Å². The third kappa shape index (κ3) is 2.05. The number of likely N-dealkylation sites (N-methyl/N-ethyl adjacent to an activating group) is 1. The molecule has 1 aliphatic heterocycles. The van der Waals surface area contributed by atoms with E-state index in [2.05, 4.69) is 45.9 Å². The fraction of sp³-hybridized carbons (Fsp3) is 0.250. The second kappa shape index (κ2) is 5.20. The molecule has 1 aromatic carbocycles. The van der Waals surface area contributed by atoms with Crippen LogP contribution in [0.25, 0.3) is 22.7 Å². The zero-order chi connectivity index (χ0) is 16.3. The van der Waals surface area contributed by atoms with Crippen LogP contribution in [-0.4, -0.2) is 28.0 Å². The maximum atomic E-state index is 6.27. The molecule has 4 heteroatoms. The maximum absolute atomic E-state index is 6.27. The van der Waals surface area contributed by atoms with Crippen LogP contribution in [0.3, 0.4) is 0 Å². The van der Waals surface area contributed by atoms with Gasteiger partial charge in [0.2, 0.25) is 0 Å². The minimum Gasteiger partial charge on any atom is -0.320 e. The van der Waals surface area contributed by atoms with Gasteiger partial charge in [0.25, 0.3) is 0 Å². The molecule has 0 bridgehead atoms. The lowest BCUT2D eigenvalue weighted by Gasteiger charge is -2.25. The van der Waals surface area contributed by atoms with Gasteiger partial charge in [-0.3, -0.25) is 4.98 Å². The van der Waals surface area contributed by atoms with Gasteiger partial charge in [0.15, 0.2) is 0 Å². The normalized spacial score (nSPS) is 18.5. The van der Waals surface area contributed by atoms with E-state index in [0.717, 1.165) is 31.0 Å². The molecule has 0 N–H and O–H groups in total. The molecule has 3 aromatic rings. The first-order valence-corrected chi connectivity index (χ1v) is 8.72. The van der Waals surface area contributed by atoms with E-state index >= 15 is 0 Å². The highest BCUT2D eigenvalue weighted by Gasteiger charge is 2.24. The zero-order valence-electron chi connectivity index (χ0n) is 13.6. The number of benzene rings is 1. The molecule has 1 aliphatic carbocycles. The molecule has 3 heterocycles. The molecule has 0 amide bonds. The standard InChI is InChI=1S/C20H18ClN3/c1-23-7-5-20-18(12-23)17-9-15(21)2-3-19(17)24(20)11-14-8-13-10-22-6-4-16(13)14/h2-4,6,9-11H,5,7-8,12H2,1H3/b14-11+. The highest BCUT2D eigenvalue weighted by Crippen LogP contribution is 2.37. The van der Waals surface area contributed by atoms with Crippen molar-refractivity contribution < 1.29 is 0 Å². The van der Waals surface area contributed by atoms with Crippen LogP contribution in [0.1, 0.15) is 22.4 Å². The Morgan fingerprint density at radius 3 is 3.04 bits per heavy atom. The molecule has 120 valence electrons. The smallest absolute Gasteiger partial charge is 0.0529 e. The van der Waals surface area contributed by atoms with E-state index in [4.69, 9.17) is 11.6 Å². The number of halogens is 1.